The van der Waals surface area contributed by atoms with E-state index in [-0.39, 0.29) is 6.79 Å². The van der Waals surface area contributed by atoms with E-state index in [1.165, 1.54) is 21.1 Å². The largest absolute Gasteiger partial charge is 0.493 e. The van der Waals surface area contributed by atoms with Gasteiger partial charge >= 0.3 is 5.97 Å². The SMILES string of the molecule is CCOCOc1ccc(/C=C/Cc2ccc(OC)c(OC(C)=O)c2OC)cc1. The van der Waals surface area contributed by atoms with Crippen molar-refractivity contribution in [3.05, 3.63) is 53.6 Å². The van der Waals surface area contributed by atoms with Crippen molar-refractivity contribution in [3.63, 3.8) is 0 Å². The molecule has 150 valence electrons. The van der Waals surface area contributed by atoms with E-state index >= 15 is 0 Å². The van der Waals surface area contributed by atoms with Crippen LogP contribution in [0.5, 0.6) is 23.0 Å². The topological polar surface area (TPSA) is 63.2 Å². The molecule has 0 atom stereocenters. The summed E-state index contributed by atoms with van der Waals surface area (Å²) in [6.07, 6.45) is 4.61. The molecule has 0 unspecified atom stereocenters. The second-order valence-electron chi connectivity index (χ2n) is 5.81. The van der Waals surface area contributed by atoms with Crippen molar-refractivity contribution < 1.29 is 28.5 Å². The number of carbonyl (C=O) groups excluding carboxylic acids is 1. The number of carbonyl (C=O) groups is 1. The number of methoxy groups -OCH3 is 2. The molecule has 2 aromatic rings. The smallest absolute Gasteiger partial charge is 0.308 e. The number of hydrogen-bond donors (Lipinski definition) is 0. The first-order chi connectivity index (χ1) is 13.6. The molecule has 0 aromatic heterocycles. The highest BCUT2D eigenvalue weighted by Gasteiger charge is 2.17. The second-order valence-corrected chi connectivity index (χ2v) is 5.81. The van der Waals surface area contributed by atoms with E-state index in [1.807, 2.05) is 49.4 Å². The first kappa shape index (κ1) is 21.3. The summed E-state index contributed by atoms with van der Waals surface area (Å²) in [6, 6.07) is 11.4. The molecule has 0 saturated heterocycles. The van der Waals surface area contributed by atoms with Gasteiger partial charge in [-0.05, 0) is 37.1 Å². The summed E-state index contributed by atoms with van der Waals surface area (Å²) in [7, 11) is 3.05. The van der Waals surface area contributed by atoms with Gasteiger partial charge in [-0.15, -0.1) is 0 Å². The van der Waals surface area contributed by atoms with Crippen LogP contribution in [0.1, 0.15) is 25.0 Å². The van der Waals surface area contributed by atoms with Gasteiger partial charge in [-0.1, -0.05) is 30.4 Å². The molecule has 0 aliphatic heterocycles. The predicted octanol–water partition coefficient (Wildman–Crippen LogP) is 4.26. The Bertz CT molecular complexity index is 795. The summed E-state index contributed by atoms with van der Waals surface area (Å²) in [5.41, 5.74) is 1.92. The van der Waals surface area contributed by atoms with Crippen LogP contribution in [0.4, 0.5) is 0 Å². The lowest BCUT2D eigenvalue weighted by atomic mass is 10.1. The Morgan fingerprint density at radius 2 is 1.75 bits per heavy atom. The molecule has 0 amide bonds. The van der Waals surface area contributed by atoms with Crippen LogP contribution >= 0.6 is 0 Å². The van der Waals surface area contributed by atoms with Gasteiger partial charge in [0.15, 0.2) is 18.3 Å². The van der Waals surface area contributed by atoms with Crippen LogP contribution in [0.3, 0.4) is 0 Å². The quantitative estimate of drug-likeness (QED) is 0.263. The predicted molar refractivity (Wildman–Crippen MR) is 107 cm³/mol. The van der Waals surface area contributed by atoms with Gasteiger partial charge in [0.2, 0.25) is 5.75 Å². The zero-order valence-corrected chi connectivity index (χ0v) is 16.7. The maximum absolute atomic E-state index is 11.4. The van der Waals surface area contributed by atoms with Gasteiger partial charge in [-0.2, -0.15) is 0 Å². The molecule has 0 fully saturated rings. The Morgan fingerprint density at radius 3 is 2.36 bits per heavy atom. The van der Waals surface area contributed by atoms with E-state index in [2.05, 4.69) is 0 Å². The fourth-order valence-electron chi connectivity index (χ4n) is 2.56. The third-order valence-electron chi connectivity index (χ3n) is 3.87. The molecule has 2 rings (SSSR count). The van der Waals surface area contributed by atoms with E-state index in [1.54, 1.807) is 6.07 Å². The molecule has 0 spiro atoms. The van der Waals surface area contributed by atoms with Crippen LogP contribution in [0, 0.1) is 0 Å². The minimum absolute atomic E-state index is 0.244. The van der Waals surface area contributed by atoms with Gasteiger partial charge in [-0.3, -0.25) is 4.79 Å². The number of hydrogen-bond acceptors (Lipinski definition) is 6. The average molecular weight is 386 g/mol. The number of rotatable bonds is 10. The number of allylic oxidation sites excluding steroid dienone is 1. The first-order valence-electron chi connectivity index (χ1n) is 8.98. The van der Waals surface area contributed by atoms with Crippen molar-refractivity contribution in [2.45, 2.75) is 20.3 Å². The highest BCUT2D eigenvalue weighted by Crippen LogP contribution is 2.40. The highest BCUT2D eigenvalue weighted by atomic mass is 16.7. The molecule has 0 N–H and O–H groups in total. The van der Waals surface area contributed by atoms with Gasteiger partial charge < -0.3 is 23.7 Å². The normalized spacial score (nSPS) is 10.7. The molecule has 0 heterocycles. The van der Waals surface area contributed by atoms with Crippen LogP contribution in [0.2, 0.25) is 0 Å². The van der Waals surface area contributed by atoms with Crippen LogP contribution in [0.25, 0.3) is 6.08 Å². The molecule has 6 heteroatoms. The van der Waals surface area contributed by atoms with E-state index < -0.39 is 5.97 Å². The molecule has 28 heavy (non-hydrogen) atoms. The maximum Gasteiger partial charge on any atom is 0.308 e. The highest BCUT2D eigenvalue weighted by molar-refractivity contribution is 5.73. The van der Waals surface area contributed by atoms with Crippen LogP contribution in [0.15, 0.2) is 42.5 Å². The van der Waals surface area contributed by atoms with Crippen molar-refractivity contribution in [1.29, 1.82) is 0 Å². The van der Waals surface area contributed by atoms with E-state index in [0.717, 1.165) is 16.9 Å². The van der Waals surface area contributed by atoms with Crippen LogP contribution in [-0.4, -0.2) is 33.6 Å². The minimum atomic E-state index is -0.434. The second kappa shape index (κ2) is 11.0. The Kier molecular flexibility index (Phi) is 8.37. The fourth-order valence-corrected chi connectivity index (χ4v) is 2.56. The summed E-state index contributed by atoms with van der Waals surface area (Å²) in [5, 5.41) is 0. The molecule has 2 aromatic carbocycles. The standard InChI is InChI=1S/C22H26O6/c1-5-26-15-27-19-12-9-17(10-13-19)7-6-8-18-11-14-20(24-3)22(21(18)25-4)28-16(2)23/h6-7,9-14H,5,8,15H2,1-4H3/b7-6+. The van der Waals surface area contributed by atoms with Crippen LogP contribution in [-0.2, 0) is 16.0 Å². The number of ether oxygens (including phenoxy) is 5. The molecule has 6 nitrogen and oxygen atoms in total. The van der Waals surface area contributed by atoms with Gasteiger partial charge in [0.25, 0.3) is 0 Å². The molecule has 0 bridgehead atoms. The third-order valence-corrected chi connectivity index (χ3v) is 3.87. The van der Waals surface area contributed by atoms with Crippen molar-refractivity contribution in [1.82, 2.24) is 0 Å². The lowest BCUT2D eigenvalue weighted by Crippen LogP contribution is -2.06. The van der Waals surface area contributed by atoms with Crippen molar-refractivity contribution >= 4 is 12.0 Å². The summed E-state index contributed by atoms with van der Waals surface area (Å²) in [5.74, 6) is 1.55. The number of benzene rings is 2. The summed E-state index contributed by atoms with van der Waals surface area (Å²) in [4.78, 5) is 11.4. The fraction of sp³-hybridized carbons (Fsp3) is 0.318. The van der Waals surface area contributed by atoms with Crippen molar-refractivity contribution in [2.24, 2.45) is 0 Å². The Morgan fingerprint density at radius 1 is 1.00 bits per heavy atom. The molecule has 0 aliphatic rings. The Labute approximate surface area is 165 Å². The van der Waals surface area contributed by atoms with E-state index in [0.29, 0.717) is 30.3 Å². The first-order valence-corrected chi connectivity index (χ1v) is 8.98. The lowest BCUT2D eigenvalue weighted by molar-refractivity contribution is -0.132. The molecular weight excluding hydrogens is 360 g/mol. The van der Waals surface area contributed by atoms with Gasteiger partial charge in [0.05, 0.1) is 14.2 Å². The maximum atomic E-state index is 11.4. The Balaban J connectivity index is 2.09. The molecule has 0 radical (unpaired) electrons. The Hall–Kier alpha value is -2.99. The zero-order chi connectivity index (χ0) is 20.4. The van der Waals surface area contributed by atoms with E-state index in [4.69, 9.17) is 23.7 Å². The van der Waals surface area contributed by atoms with Crippen LogP contribution < -0.4 is 18.9 Å². The van der Waals surface area contributed by atoms with Crippen molar-refractivity contribution in [2.75, 3.05) is 27.6 Å². The lowest BCUT2D eigenvalue weighted by Gasteiger charge is -2.15. The average Bonchev–Trinajstić information content (AvgIpc) is 2.69. The monoisotopic (exact) mass is 386 g/mol. The number of esters is 1. The van der Waals surface area contributed by atoms with E-state index in [9.17, 15) is 4.79 Å². The zero-order valence-electron chi connectivity index (χ0n) is 16.7. The summed E-state index contributed by atoms with van der Waals surface area (Å²) < 4.78 is 26.6. The minimum Gasteiger partial charge on any atom is -0.493 e. The summed E-state index contributed by atoms with van der Waals surface area (Å²) >= 11 is 0. The van der Waals surface area contributed by atoms with Gasteiger partial charge in [0.1, 0.15) is 5.75 Å². The third kappa shape index (κ3) is 6.03. The van der Waals surface area contributed by atoms with Gasteiger partial charge in [0, 0.05) is 19.1 Å². The molecular formula is C22H26O6. The molecule has 0 aliphatic carbocycles. The van der Waals surface area contributed by atoms with Crippen molar-refractivity contribution in [3.8, 4) is 23.0 Å². The van der Waals surface area contributed by atoms with Gasteiger partial charge in [-0.25, -0.2) is 0 Å². The summed E-state index contributed by atoms with van der Waals surface area (Å²) in [6.45, 7) is 4.12. The molecule has 0 saturated carbocycles.